The molecule has 28 heavy (non-hydrogen) atoms. The Balaban J connectivity index is 2.10. The summed E-state index contributed by atoms with van der Waals surface area (Å²) in [7, 11) is 3.53. The molecule has 1 aromatic rings. The van der Waals surface area contributed by atoms with Crippen LogP contribution in [0.1, 0.15) is 26.7 Å². The van der Waals surface area contributed by atoms with Gasteiger partial charge in [-0.3, -0.25) is 4.79 Å². The maximum Gasteiger partial charge on any atom is 0.319 e. The van der Waals surface area contributed by atoms with Gasteiger partial charge in [-0.15, -0.1) is 0 Å². The molecule has 7 heteroatoms. The molecule has 1 aliphatic rings. The molecule has 3 amide bonds. The molecule has 1 saturated heterocycles. The van der Waals surface area contributed by atoms with E-state index in [1.165, 1.54) is 0 Å². The van der Waals surface area contributed by atoms with Crippen molar-refractivity contribution in [3.05, 3.63) is 28.7 Å². The van der Waals surface area contributed by atoms with E-state index in [-0.39, 0.29) is 17.9 Å². The van der Waals surface area contributed by atoms with Gasteiger partial charge >= 0.3 is 6.03 Å². The molecule has 156 valence electrons. The van der Waals surface area contributed by atoms with Crippen LogP contribution >= 0.6 is 15.9 Å². The van der Waals surface area contributed by atoms with Crippen molar-refractivity contribution < 1.29 is 9.59 Å². The molecule has 1 fully saturated rings. The number of nitrogens with zero attached hydrogens (tertiary/aromatic N) is 4. The van der Waals surface area contributed by atoms with E-state index < -0.39 is 0 Å². The Morgan fingerprint density at radius 2 is 1.75 bits per heavy atom. The lowest BCUT2D eigenvalue weighted by Crippen LogP contribution is -2.48. The fraction of sp³-hybridized carbons (Fsp3) is 0.619. The SMILES string of the molecule is CCN(CC)CCN(C(=O)C1CCN(C(=O)N(C)C)CC1)c1cccc(Br)c1. The van der Waals surface area contributed by atoms with Gasteiger partial charge in [0.2, 0.25) is 5.91 Å². The smallest absolute Gasteiger partial charge is 0.319 e. The highest BCUT2D eigenvalue weighted by Crippen LogP contribution is 2.26. The number of urea groups is 1. The quantitative estimate of drug-likeness (QED) is 0.635. The van der Waals surface area contributed by atoms with Gasteiger partial charge in [0.1, 0.15) is 0 Å². The van der Waals surface area contributed by atoms with Crippen LogP contribution in [0.3, 0.4) is 0 Å². The maximum absolute atomic E-state index is 13.4. The molecule has 0 bridgehead atoms. The first-order chi connectivity index (χ1) is 13.4. The Morgan fingerprint density at radius 1 is 1.11 bits per heavy atom. The fourth-order valence-corrected chi connectivity index (χ4v) is 4.00. The third-order valence-corrected chi connectivity index (χ3v) is 5.91. The summed E-state index contributed by atoms with van der Waals surface area (Å²) in [6, 6.07) is 7.97. The largest absolute Gasteiger partial charge is 0.331 e. The highest BCUT2D eigenvalue weighted by molar-refractivity contribution is 9.10. The number of anilines is 1. The summed E-state index contributed by atoms with van der Waals surface area (Å²) in [6.07, 6.45) is 1.43. The van der Waals surface area contributed by atoms with Crippen molar-refractivity contribution in [2.75, 3.05) is 58.3 Å². The molecule has 0 aromatic heterocycles. The molecule has 1 aliphatic heterocycles. The van der Waals surface area contributed by atoms with Crippen molar-refractivity contribution in [3.8, 4) is 0 Å². The van der Waals surface area contributed by atoms with E-state index in [0.29, 0.717) is 32.5 Å². The van der Waals surface area contributed by atoms with Crippen LogP contribution in [0.2, 0.25) is 0 Å². The molecule has 0 spiro atoms. The van der Waals surface area contributed by atoms with Gasteiger partial charge in [-0.25, -0.2) is 4.79 Å². The average molecular weight is 453 g/mol. The standard InChI is InChI=1S/C21H33BrN4O2/c1-5-24(6-2)14-15-26(19-9-7-8-18(22)16-19)20(27)17-10-12-25(13-11-17)21(28)23(3)4/h7-9,16-17H,5-6,10-15H2,1-4H3. The van der Waals surface area contributed by atoms with Crippen LogP contribution in [0.5, 0.6) is 0 Å². The fourth-order valence-electron chi connectivity index (χ4n) is 3.61. The van der Waals surface area contributed by atoms with Gasteiger partial charge in [0, 0.05) is 56.4 Å². The van der Waals surface area contributed by atoms with E-state index in [4.69, 9.17) is 0 Å². The number of benzene rings is 1. The number of halogens is 1. The summed E-state index contributed by atoms with van der Waals surface area (Å²) >= 11 is 3.52. The van der Waals surface area contributed by atoms with Crippen LogP contribution in [-0.4, -0.2) is 80.0 Å². The number of piperidine rings is 1. The van der Waals surface area contributed by atoms with E-state index >= 15 is 0 Å². The van der Waals surface area contributed by atoms with Crippen molar-refractivity contribution >= 4 is 33.6 Å². The predicted octanol–water partition coefficient (Wildman–Crippen LogP) is 3.52. The minimum atomic E-state index is -0.0399. The number of carbonyl (C=O) groups is 2. The number of hydrogen-bond acceptors (Lipinski definition) is 3. The first-order valence-corrected chi connectivity index (χ1v) is 10.9. The zero-order valence-electron chi connectivity index (χ0n) is 17.5. The summed E-state index contributed by atoms with van der Waals surface area (Å²) < 4.78 is 0.969. The minimum Gasteiger partial charge on any atom is -0.331 e. The van der Waals surface area contributed by atoms with Gasteiger partial charge in [0.25, 0.3) is 0 Å². The average Bonchev–Trinajstić information content (AvgIpc) is 2.70. The van der Waals surface area contributed by atoms with Crippen molar-refractivity contribution in [1.82, 2.24) is 14.7 Å². The number of amides is 3. The Bertz CT molecular complexity index is 656. The molecule has 0 saturated carbocycles. The second-order valence-electron chi connectivity index (χ2n) is 7.43. The first-order valence-electron chi connectivity index (χ1n) is 10.1. The summed E-state index contributed by atoms with van der Waals surface area (Å²) in [5, 5.41) is 0. The lowest BCUT2D eigenvalue weighted by Gasteiger charge is -2.36. The van der Waals surface area contributed by atoms with Gasteiger partial charge in [-0.2, -0.15) is 0 Å². The second-order valence-corrected chi connectivity index (χ2v) is 8.35. The molecule has 0 aliphatic carbocycles. The molecule has 2 rings (SSSR count). The molecule has 0 atom stereocenters. The zero-order chi connectivity index (χ0) is 20.7. The van der Waals surface area contributed by atoms with Crippen LogP contribution in [0.4, 0.5) is 10.5 Å². The lowest BCUT2D eigenvalue weighted by molar-refractivity contribution is -0.123. The molecule has 0 radical (unpaired) electrons. The molecule has 6 nitrogen and oxygen atoms in total. The minimum absolute atomic E-state index is 0.0243. The summed E-state index contributed by atoms with van der Waals surface area (Å²) in [6.45, 7) is 9.03. The van der Waals surface area contributed by atoms with Crippen LogP contribution in [0, 0.1) is 5.92 Å². The lowest BCUT2D eigenvalue weighted by atomic mass is 9.95. The van der Waals surface area contributed by atoms with Gasteiger partial charge in [-0.1, -0.05) is 35.8 Å². The third kappa shape index (κ3) is 5.95. The van der Waals surface area contributed by atoms with E-state index in [1.807, 2.05) is 34.1 Å². The molecule has 0 unspecified atom stereocenters. The van der Waals surface area contributed by atoms with Crippen LogP contribution in [0.25, 0.3) is 0 Å². The monoisotopic (exact) mass is 452 g/mol. The van der Waals surface area contributed by atoms with E-state index in [1.54, 1.807) is 19.0 Å². The van der Waals surface area contributed by atoms with E-state index in [9.17, 15) is 9.59 Å². The number of hydrogen-bond donors (Lipinski definition) is 0. The van der Waals surface area contributed by atoms with Crippen molar-refractivity contribution in [2.45, 2.75) is 26.7 Å². The summed E-state index contributed by atoms with van der Waals surface area (Å²) in [4.78, 5) is 33.2. The maximum atomic E-state index is 13.4. The Kier molecular flexibility index (Phi) is 8.76. The van der Waals surface area contributed by atoms with E-state index in [0.717, 1.165) is 29.8 Å². The summed E-state index contributed by atoms with van der Waals surface area (Å²) in [5.41, 5.74) is 0.929. The Morgan fingerprint density at radius 3 is 2.29 bits per heavy atom. The number of rotatable bonds is 7. The van der Waals surface area contributed by atoms with Crippen LogP contribution in [-0.2, 0) is 4.79 Å². The first kappa shape index (κ1) is 22.7. The van der Waals surface area contributed by atoms with Gasteiger partial charge < -0.3 is 19.6 Å². The van der Waals surface area contributed by atoms with Gasteiger partial charge in [-0.05, 0) is 44.1 Å². The molecular weight excluding hydrogens is 420 g/mol. The van der Waals surface area contributed by atoms with Gasteiger partial charge in [0.15, 0.2) is 0 Å². The predicted molar refractivity (Wildman–Crippen MR) is 118 cm³/mol. The Hall–Kier alpha value is -1.60. The third-order valence-electron chi connectivity index (χ3n) is 5.42. The molecule has 0 N–H and O–H groups in total. The number of likely N-dealkylation sites (tertiary alicyclic amines) is 1. The van der Waals surface area contributed by atoms with Crippen molar-refractivity contribution in [3.63, 3.8) is 0 Å². The molecule has 1 heterocycles. The molecule has 1 aromatic carbocycles. The van der Waals surface area contributed by atoms with Crippen LogP contribution in [0.15, 0.2) is 28.7 Å². The van der Waals surface area contributed by atoms with Crippen molar-refractivity contribution in [1.29, 1.82) is 0 Å². The van der Waals surface area contributed by atoms with Gasteiger partial charge in [0.05, 0.1) is 0 Å². The highest BCUT2D eigenvalue weighted by atomic mass is 79.9. The topological polar surface area (TPSA) is 47.1 Å². The van der Waals surface area contributed by atoms with E-state index in [2.05, 4.69) is 34.7 Å². The van der Waals surface area contributed by atoms with Crippen LogP contribution < -0.4 is 4.90 Å². The normalized spacial score (nSPS) is 15.0. The number of carbonyl (C=O) groups excluding carboxylic acids is 2. The molecular formula is C21H33BrN4O2. The summed E-state index contributed by atoms with van der Waals surface area (Å²) in [5.74, 6) is 0.129. The second kappa shape index (κ2) is 10.8. The van der Waals surface area contributed by atoms with Crippen molar-refractivity contribution in [2.24, 2.45) is 5.92 Å². The Labute approximate surface area is 177 Å². The zero-order valence-corrected chi connectivity index (χ0v) is 19.1. The highest BCUT2D eigenvalue weighted by Gasteiger charge is 2.31. The number of likely N-dealkylation sites (N-methyl/N-ethyl adjacent to an activating group) is 1.